The Bertz CT molecular complexity index is 781. The Morgan fingerprint density at radius 3 is 2.08 bits per heavy atom. The number of carbonyl (C=O) groups is 2. The van der Waals surface area contributed by atoms with Gasteiger partial charge in [0, 0.05) is 11.3 Å². The molecule has 0 heterocycles. The van der Waals surface area contributed by atoms with Crippen LogP contribution in [-0.2, 0) is 10.2 Å². The average molecular weight is 343 g/mol. The van der Waals surface area contributed by atoms with Crippen molar-refractivity contribution < 1.29 is 24.2 Å². The number of amides is 1. The molecule has 0 saturated carbocycles. The first kappa shape index (κ1) is 18.3. The highest BCUT2D eigenvalue weighted by Gasteiger charge is 2.29. The van der Waals surface area contributed by atoms with Crippen LogP contribution >= 0.6 is 0 Å². The molecule has 0 saturated heterocycles. The smallest absolute Gasteiger partial charge is 0.313 e. The van der Waals surface area contributed by atoms with Gasteiger partial charge in [-0.15, -0.1) is 0 Å². The fourth-order valence-corrected chi connectivity index (χ4v) is 2.27. The lowest BCUT2D eigenvalue weighted by Crippen LogP contribution is -2.28. The van der Waals surface area contributed by atoms with Gasteiger partial charge in [-0.1, -0.05) is 12.1 Å². The Labute approximate surface area is 146 Å². The Kier molecular flexibility index (Phi) is 5.32. The predicted octanol–water partition coefficient (Wildman–Crippen LogP) is 3.32. The number of methoxy groups -OCH3 is 2. The quantitative estimate of drug-likeness (QED) is 0.840. The lowest BCUT2D eigenvalue weighted by Gasteiger charge is -2.20. The van der Waals surface area contributed by atoms with Gasteiger partial charge < -0.3 is 19.9 Å². The van der Waals surface area contributed by atoms with Crippen molar-refractivity contribution in [3.05, 3.63) is 53.6 Å². The van der Waals surface area contributed by atoms with E-state index in [1.165, 1.54) is 14.2 Å². The minimum Gasteiger partial charge on any atom is -0.493 e. The number of nitrogens with one attached hydrogen (secondary N) is 1. The van der Waals surface area contributed by atoms with Gasteiger partial charge in [-0.25, -0.2) is 0 Å². The minimum absolute atomic E-state index is 0.300. The third-order valence-electron chi connectivity index (χ3n) is 4.04. The van der Waals surface area contributed by atoms with Crippen molar-refractivity contribution in [2.75, 3.05) is 19.5 Å². The van der Waals surface area contributed by atoms with Gasteiger partial charge in [0.15, 0.2) is 11.5 Å². The second kappa shape index (κ2) is 7.25. The largest absolute Gasteiger partial charge is 0.493 e. The van der Waals surface area contributed by atoms with Crippen molar-refractivity contribution in [2.45, 2.75) is 19.3 Å². The molecule has 0 aliphatic carbocycles. The molecule has 0 fully saturated rings. The highest BCUT2D eigenvalue weighted by atomic mass is 16.5. The van der Waals surface area contributed by atoms with E-state index >= 15 is 0 Å². The molecule has 6 heteroatoms. The number of rotatable bonds is 6. The van der Waals surface area contributed by atoms with Gasteiger partial charge >= 0.3 is 5.97 Å². The van der Waals surface area contributed by atoms with Crippen LogP contribution in [0.1, 0.15) is 29.8 Å². The molecule has 0 aliphatic rings. The molecule has 132 valence electrons. The topological polar surface area (TPSA) is 84.9 Å². The van der Waals surface area contributed by atoms with Gasteiger partial charge in [-0.3, -0.25) is 9.59 Å². The summed E-state index contributed by atoms with van der Waals surface area (Å²) in [7, 11) is 3.03. The molecule has 2 rings (SSSR count). The molecule has 6 nitrogen and oxygen atoms in total. The summed E-state index contributed by atoms with van der Waals surface area (Å²) >= 11 is 0. The highest BCUT2D eigenvalue weighted by molar-refractivity contribution is 6.04. The number of anilines is 1. The van der Waals surface area contributed by atoms with Crippen LogP contribution in [0.4, 0.5) is 5.69 Å². The summed E-state index contributed by atoms with van der Waals surface area (Å²) in [4.78, 5) is 23.7. The van der Waals surface area contributed by atoms with Crippen molar-refractivity contribution >= 4 is 17.6 Å². The summed E-state index contributed by atoms with van der Waals surface area (Å²) in [6.07, 6.45) is 0. The van der Waals surface area contributed by atoms with Crippen LogP contribution in [0.15, 0.2) is 42.5 Å². The molecule has 2 N–H and O–H groups in total. The van der Waals surface area contributed by atoms with Crippen molar-refractivity contribution in [1.29, 1.82) is 0 Å². The number of aliphatic carboxylic acids is 1. The summed E-state index contributed by atoms with van der Waals surface area (Å²) in [5, 5.41) is 12.0. The monoisotopic (exact) mass is 343 g/mol. The second-order valence-corrected chi connectivity index (χ2v) is 6.03. The normalized spacial score (nSPS) is 10.9. The van der Waals surface area contributed by atoms with Crippen molar-refractivity contribution in [3.8, 4) is 11.5 Å². The standard InChI is InChI=1S/C19H21NO5/c1-19(2,18(22)23)13-6-8-14(9-7-13)20-17(21)12-5-10-15(24-3)16(11-12)25-4/h5-11H,1-4H3,(H,20,21)(H,22,23). The average Bonchev–Trinajstić information content (AvgIpc) is 2.61. The van der Waals surface area contributed by atoms with Crippen LogP contribution in [0.5, 0.6) is 11.5 Å². The second-order valence-electron chi connectivity index (χ2n) is 6.03. The van der Waals surface area contributed by atoms with E-state index in [2.05, 4.69) is 5.32 Å². The Balaban J connectivity index is 2.17. The maximum atomic E-state index is 12.4. The zero-order valence-corrected chi connectivity index (χ0v) is 14.6. The number of carboxylic acid groups (broad SMARTS) is 1. The van der Waals surface area contributed by atoms with Crippen LogP contribution in [0, 0.1) is 0 Å². The van der Waals surface area contributed by atoms with E-state index in [0.717, 1.165) is 0 Å². The summed E-state index contributed by atoms with van der Waals surface area (Å²) in [6, 6.07) is 11.6. The van der Waals surface area contributed by atoms with Crippen LogP contribution in [0.3, 0.4) is 0 Å². The van der Waals surface area contributed by atoms with Gasteiger partial charge in [-0.05, 0) is 49.7 Å². The van der Waals surface area contributed by atoms with E-state index in [4.69, 9.17) is 9.47 Å². The lowest BCUT2D eigenvalue weighted by molar-refractivity contribution is -0.142. The molecule has 0 unspecified atom stereocenters. The molecular weight excluding hydrogens is 322 g/mol. The molecule has 0 atom stereocenters. The third kappa shape index (κ3) is 3.91. The molecule has 0 aromatic heterocycles. The maximum absolute atomic E-state index is 12.4. The zero-order chi connectivity index (χ0) is 18.6. The maximum Gasteiger partial charge on any atom is 0.313 e. The Morgan fingerprint density at radius 2 is 1.56 bits per heavy atom. The van der Waals surface area contributed by atoms with Crippen LogP contribution in [0.2, 0.25) is 0 Å². The molecule has 2 aromatic carbocycles. The molecule has 2 aromatic rings. The van der Waals surface area contributed by atoms with Crippen LogP contribution in [0.25, 0.3) is 0 Å². The van der Waals surface area contributed by atoms with E-state index in [1.807, 2.05) is 0 Å². The van der Waals surface area contributed by atoms with Gasteiger partial charge in [-0.2, -0.15) is 0 Å². The van der Waals surface area contributed by atoms with E-state index in [1.54, 1.807) is 56.3 Å². The van der Waals surface area contributed by atoms with Crippen molar-refractivity contribution in [1.82, 2.24) is 0 Å². The number of hydrogen-bond acceptors (Lipinski definition) is 4. The Morgan fingerprint density at radius 1 is 0.960 bits per heavy atom. The summed E-state index contributed by atoms with van der Waals surface area (Å²) in [5.41, 5.74) is 0.660. The lowest BCUT2D eigenvalue weighted by atomic mass is 9.85. The number of hydrogen-bond donors (Lipinski definition) is 2. The SMILES string of the molecule is COc1ccc(C(=O)Nc2ccc(C(C)(C)C(=O)O)cc2)cc1OC. The highest BCUT2D eigenvalue weighted by Crippen LogP contribution is 2.28. The molecule has 0 radical (unpaired) electrons. The first-order chi connectivity index (χ1) is 11.8. The minimum atomic E-state index is -0.994. The summed E-state index contributed by atoms with van der Waals surface area (Å²) in [6.45, 7) is 3.26. The van der Waals surface area contributed by atoms with Crippen molar-refractivity contribution in [3.63, 3.8) is 0 Å². The summed E-state index contributed by atoms with van der Waals surface area (Å²) in [5.74, 6) is -0.200. The molecule has 1 amide bonds. The number of carbonyl (C=O) groups excluding carboxylic acids is 1. The van der Waals surface area contributed by atoms with E-state index in [-0.39, 0.29) is 5.91 Å². The number of ether oxygens (including phenoxy) is 2. The van der Waals surface area contributed by atoms with Gasteiger partial charge in [0.2, 0.25) is 0 Å². The molecule has 25 heavy (non-hydrogen) atoms. The number of carboxylic acids is 1. The van der Waals surface area contributed by atoms with Crippen LogP contribution < -0.4 is 14.8 Å². The molecule has 0 aliphatic heterocycles. The fraction of sp³-hybridized carbons (Fsp3) is 0.263. The van der Waals surface area contributed by atoms with Crippen LogP contribution in [-0.4, -0.2) is 31.2 Å². The molecular formula is C19H21NO5. The molecule has 0 bridgehead atoms. The zero-order valence-electron chi connectivity index (χ0n) is 14.6. The fourth-order valence-electron chi connectivity index (χ4n) is 2.27. The predicted molar refractivity (Wildman–Crippen MR) is 94.6 cm³/mol. The first-order valence-electron chi connectivity index (χ1n) is 7.67. The van der Waals surface area contributed by atoms with Gasteiger partial charge in [0.05, 0.1) is 19.6 Å². The van der Waals surface area contributed by atoms with Gasteiger partial charge in [0.1, 0.15) is 0 Å². The van der Waals surface area contributed by atoms with Crippen molar-refractivity contribution in [2.24, 2.45) is 0 Å². The summed E-state index contributed by atoms with van der Waals surface area (Å²) < 4.78 is 10.3. The van der Waals surface area contributed by atoms with E-state index in [9.17, 15) is 14.7 Å². The third-order valence-corrected chi connectivity index (χ3v) is 4.04. The van der Waals surface area contributed by atoms with E-state index in [0.29, 0.717) is 28.3 Å². The number of benzene rings is 2. The first-order valence-corrected chi connectivity index (χ1v) is 7.67. The van der Waals surface area contributed by atoms with E-state index < -0.39 is 11.4 Å². The molecule has 0 spiro atoms. The van der Waals surface area contributed by atoms with Gasteiger partial charge in [0.25, 0.3) is 5.91 Å². The Hall–Kier alpha value is -3.02.